The second-order valence-electron chi connectivity index (χ2n) is 2.54. The lowest BCUT2D eigenvalue weighted by Gasteiger charge is -2.00. The van der Waals surface area contributed by atoms with Gasteiger partial charge in [0.1, 0.15) is 0 Å². The normalized spacial score (nSPS) is 10.4. The molecule has 0 fully saturated rings. The van der Waals surface area contributed by atoms with Crippen molar-refractivity contribution in [3.8, 4) is 11.4 Å². The molecule has 0 radical (unpaired) electrons. The van der Waals surface area contributed by atoms with Gasteiger partial charge in [0.2, 0.25) is 0 Å². The van der Waals surface area contributed by atoms with Gasteiger partial charge in [-0.1, -0.05) is 22.8 Å². The molecule has 4 nitrogen and oxygen atoms in total. The quantitative estimate of drug-likeness (QED) is 0.869. The largest absolute Gasteiger partial charge is 0.439 e. The van der Waals surface area contributed by atoms with E-state index >= 15 is 0 Å². The van der Waals surface area contributed by atoms with Gasteiger partial charge in [-0.3, -0.25) is 9.51 Å². The fraction of sp³-hybridized carbons (Fsp3) is 0. The minimum atomic E-state index is -0.605. The van der Waals surface area contributed by atoms with Gasteiger partial charge in [0, 0.05) is 4.47 Å². The van der Waals surface area contributed by atoms with Crippen LogP contribution in [0.1, 0.15) is 0 Å². The molecular weight excluding hydrogens is 271 g/mol. The van der Waals surface area contributed by atoms with Crippen LogP contribution < -0.4 is 5.76 Å². The van der Waals surface area contributed by atoms with E-state index in [0.717, 1.165) is 4.47 Å². The highest BCUT2D eigenvalue weighted by Crippen LogP contribution is 2.31. The molecule has 2 rings (SSSR count). The summed E-state index contributed by atoms with van der Waals surface area (Å²) in [6.45, 7) is 0. The van der Waals surface area contributed by atoms with E-state index in [9.17, 15) is 4.79 Å². The molecule has 0 spiro atoms. The smallest absolute Gasteiger partial charge is 0.296 e. The third-order valence-electron chi connectivity index (χ3n) is 1.64. The Kier molecular flexibility index (Phi) is 2.43. The summed E-state index contributed by atoms with van der Waals surface area (Å²) in [6.07, 6.45) is 0. The highest BCUT2D eigenvalue weighted by atomic mass is 79.9. The number of H-pyrrole nitrogens is 1. The molecule has 0 bridgehead atoms. The Hall–Kier alpha value is -1.07. The first kappa shape index (κ1) is 9.48. The number of aromatic nitrogens is 2. The highest BCUT2D eigenvalue weighted by molar-refractivity contribution is 9.10. The molecule has 1 aromatic heterocycles. The number of hydrogen-bond donors (Lipinski definition) is 1. The summed E-state index contributed by atoms with van der Waals surface area (Å²) < 4.78 is 5.13. The lowest BCUT2D eigenvalue weighted by Crippen LogP contribution is -1.95. The fourth-order valence-electron chi connectivity index (χ4n) is 1.06. The van der Waals surface area contributed by atoms with Crippen molar-refractivity contribution >= 4 is 27.5 Å². The summed E-state index contributed by atoms with van der Waals surface area (Å²) in [6, 6.07) is 5.29. The van der Waals surface area contributed by atoms with Crippen LogP contribution in [0, 0.1) is 0 Å². The standard InChI is InChI=1S/C8H4BrClN2O2/c9-4-2-1-3-5(10)6(4)7-11-8(13)14-12-7/h1-3H,(H,11,12,13). The van der Waals surface area contributed by atoms with Crippen molar-refractivity contribution in [1.29, 1.82) is 0 Å². The zero-order chi connectivity index (χ0) is 10.1. The van der Waals surface area contributed by atoms with Gasteiger partial charge < -0.3 is 0 Å². The first-order chi connectivity index (χ1) is 6.68. The van der Waals surface area contributed by atoms with Gasteiger partial charge in [-0.05, 0) is 28.1 Å². The second-order valence-corrected chi connectivity index (χ2v) is 3.80. The van der Waals surface area contributed by atoms with E-state index < -0.39 is 5.76 Å². The van der Waals surface area contributed by atoms with E-state index in [-0.39, 0.29) is 0 Å². The average molecular weight is 275 g/mol. The molecule has 0 saturated carbocycles. The fourth-order valence-corrected chi connectivity index (χ4v) is 1.99. The van der Waals surface area contributed by atoms with Crippen LogP contribution in [-0.4, -0.2) is 10.1 Å². The van der Waals surface area contributed by atoms with Crippen molar-refractivity contribution in [3.05, 3.63) is 38.2 Å². The summed E-state index contributed by atoms with van der Waals surface area (Å²) in [5, 5.41) is 4.04. The van der Waals surface area contributed by atoms with Crippen LogP contribution in [-0.2, 0) is 0 Å². The van der Waals surface area contributed by atoms with E-state index in [1.807, 2.05) is 0 Å². The van der Waals surface area contributed by atoms with Gasteiger partial charge in [-0.15, -0.1) is 0 Å². The summed E-state index contributed by atoms with van der Waals surface area (Å²) in [4.78, 5) is 13.2. The zero-order valence-corrected chi connectivity index (χ0v) is 9.09. The van der Waals surface area contributed by atoms with Crippen LogP contribution in [0.3, 0.4) is 0 Å². The van der Waals surface area contributed by atoms with E-state index in [1.54, 1.807) is 18.2 Å². The van der Waals surface area contributed by atoms with E-state index in [2.05, 4.69) is 30.6 Å². The highest BCUT2D eigenvalue weighted by Gasteiger charge is 2.11. The second kappa shape index (κ2) is 3.59. The zero-order valence-electron chi connectivity index (χ0n) is 6.75. The van der Waals surface area contributed by atoms with Gasteiger partial charge in [-0.25, -0.2) is 4.79 Å². The molecule has 1 N–H and O–H groups in total. The summed E-state index contributed by atoms with van der Waals surface area (Å²) in [5.74, 6) is -0.292. The topological polar surface area (TPSA) is 58.9 Å². The molecule has 1 heterocycles. The van der Waals surface area contributed by atoms with Crippen LogP contribution in [0.25, 0.3) is 11.4 Å². The minimum absolute atomic E-state index is 0.312. The molecule has 14 heavy (non-hydrogen) atoms. The number of rotatable bonds is 1. The predicted molar refractivity (Wildman–Crippen MR) is 55.3 cm³/mol. The predicted octanol–water partition coefficient (Wildman–Crippen LogP) is 2.45. The Bertz CT molecular complexity index is 500. The van der Waals surface area contributed by atoms with Crippen molar-refractivity contribution < 1.29 is 4.52 Å². The molecule has 0 aliphatic heterocycles. The van der Waals surface area contributed by atoms with Crippen LogP contribution in [0.15, 0.2) is 32.0 Å². The monoisotopic (exact) mass is 274 g/mol. The molecule has 0 aliphatic carbocycles. The third-order valence-corrected chi connectivity index (χ3v) is 2.62. The van der Waals surface area contributed by atoms with Crippen molar-refractivity contribution in [1.82, 2.24) is 10.1 Å². The number of aromatic amines is 1. The molecule has 1 aromatic carbocycles. The van der Waals surface area contributed by atoms with Gasteiger partial charge >= 0.3 is 5.76 Å². The number of nitrogens with zero attached hydrogens (tertiary/aromatic N) is 1. The van der Waals surface area contributed by atoms with E-state index in [4.69, 9.17) is 11.6 Å². The number of hydrogen-bond acceptors (Lipinski definition) is 3. The maximum Gasteiger partial charge on any atom is 0.439 e. The Morgan fingerprint density at radius 1 is 1.50 bits per heavy atom. The van der Waals surface area contributed by atoms with Gasteiger partial charge in [0.05, 0.1) is 10.6 Å². The van der Waals surface area contributed by atoms with Crippen molar-refractivity contribution in [2.75, 3.05) is 0 Å². The van der Waals surface area contributed by atoms with E-state index in [0.29, 0.717) is 16.4 Å². The first-order valence-corrected chi connectivity index (χ1v) is 4.86. The molecule has 72 valence electrons. The van der Waals surface area contributed by atoms with Crippen LogP contribution in [0.2, 0.25) is 5.02 Å². The summed E-state index contributed by atoms with van der Waals surface area (Å²) in [5.41, 5.74) is 0.611. The summed E-state index contributed by atoms with van der Waals surface area (Å²) >= 11 is 9.24. The minimum Gasteiger partial charge on any atom is -0.296 e. The van der Waals surface area contributed by atoms with Crippen LogP contribution in [0.5, 0.6) is 0 Å². The maximum atomic E-state index is 10.7. The molecule has 6 heteroatoms. The van der Waals surface area contributed by atoms with Gasteiger partial charge in [0.25, 0.3) is 0 Å². The van der Waals surface area contributed by atoms with Gasteiger partial charge in [0.15, 0.2) is 5.82 Å². The third kappa shape index (κ3) is 1.60. The Morgan fingerprint density at radius 2 is 2.29 bits per heavy atom. The van der Waals surface area contributed by atoms with Crippen LogP contribution in [0.4, 0.5) is 0 Å². The maximum absolute atomic E-state index is 10.7. The molecule has 0 amide bonds. The number of halogens is 2. The molecule has 0 unspecified atom stereocenters. The SMILES string of the molecule is O=c1[nH]c(-c2c(Cl)cccc2Br)no1. The lowest BCUT2D eigenvalue weighted by molar-refractivity contribution is 0.388. The molecular formula is C8H4BrClN2O2. The van der Waals surface area contributed by atoms with Crippen molar-refractivity contribution in [2.24, 2.45) is 0 Å². The first-order valence-electron chi connectivity index (χ1n) is 3.69. The Labute approximate surface area is 92.0 Å². The molecule has 0 aliphatic rings. The van der Waals surface area contributed by atoms with Gasteiger partial charge in [-0.2, -0.15) is 0 Å². The molecule has 0 atom stereocenters. The average Bonchev–Trinajstić information content (AvgIpc) is 2.51. The Balaban J connectivity index is 2.67. The van der Waals surface area contributed by atoms with Crippen molar-refractivity contribution in [2.45, 2.75) is 0 Å². The molecule has 0 saturated heterocycles. The summed E-state index contributed by atoms with van der Waals surface area (Å²) in [7, 11) is 0. The van der Waals surface area contributed by atoms with Crippen LogP contribution >= 0.6 is 27.5 Å². The van der Waals surface area contributed by atoms with Crippen molar-refractivity contribution in [3.63, 3.8) is 0 Å². The number of benzene rings is 1. The number of nitrogens with one attached hydrogen (secondary N) is 1. The Morgan fingerprint density at radius 3 is 2.86 bits per heavy atom. The molecule has 2 aromatic rings. The van der Waals surface area contributed by atoms with E-state index in [1.165, 1.54) is 0 Å². The lowest BCUT2D eigenvalue weighted by atomic mass is 10.2.